The Morgan fingerprint density at radius 1 is 0.975 bits per heavy atom. The molecule has 0 aliphatic heterocycles. The number of methoxy groups -OCH3 is 1. The molecule has 3 aromatic rings. The summed E-state index contributed by atoms with van der Waals surface area (Å²) in [7, 11) is -2.70. The van der Waals surface area contributed by atoms with Gasteiger partial charge in [-0.2, -0.15) is 0 Å². The van der Waals surface area contributed by atoms with Gasteiger partial charge in [-0.05, 0) is 68.3 Å². The van der Waals surface area contributed by atoms with Crippen molar-refractivity contribution in [1.82, 2.24) is 10.2 Å². The number of ether oxygens (including phenoxy) is 1. The number of benzene rings is 3. The molecule has 2 amide bonds. The van der Waals surface area contributed by atoms with Crippen molar-refractivity contribution in [1.29, 1.82) is 0 Å². The summed E-state index contributed by atoms with van der Waals surface area (Å²) in [5.74, 6) is -0.333. The average molecular weight is 607 g/mol. The average Bonchev–Trinajstić information content (AvgIpc) is 2.92. The highest BCUT2D eigenvalue weighted by molar-refractivity contribution is 7.92. The monoisotopic (exact) mass is 605 g/mol. The molecule has 40 heavy (non-hydrogen) atoms. The number of hydrogen-bond acceptors (Lipinski definition) is 5. The number of nitrogens with zero attached hydrogens (tertiary/aromatic N) is 2. The van der Waals surface area contributed by atoms with Crippen LogP contribution in [0.4, 0.5) is 5.69 Å². The number of amides is 2. The highest BCUT2D eigenvalue weighted by Crippen LogP contribution is 2.33. The van der Waals surface area contributed by atoms with Crippen molar-refractivity contribution in [2.24, 2.45) is 0 Å². The summed E-state index contributed by atoms with van der Waals surface area (Å²) in [6.45, 7) is 4.90. The van der Waals surface area contributed by atoms with Crippen molar-refractivity contribution in [2.45, 2.75) is 50.7 Å². The Bertz CT molecular complexity index is 1430. The minimum absolute atomic E-state index is 0.0160. The lowest BCUT2D eigenvalue weighted by Crippen LogP contribution is -2.53. The summed E-state index contributed by atoms with van der Waals surface area (Å²) < 4.78 is 34.0. The molecular formula is C29H33Cl2N3O5S. The van der Waals surface area contributed by atoms with Gasteiger partial charge >= 0.3 is 0 Å². The molecule has 1 unspecified atom stereocenters. The molecule has 0 radical (unpaired) electrons. The normalized spacial score (nSPS) is 12.1. The number of sulfonamides is 1. The second-order valence-corrected chi connectivity index (χ2v) is 12.1. The van der Waals surface area contributed by atoms with Crippen LogP contribution in [0.1, 0.15) is 32.8 Å². The molecule has 0 aliphatic rings. The van der Waals surface area contributed by atoms with Crippen LogP contribution in [0.15, 0.2) is 77.7 Å². The number of carbonyl (C=O) groups is 2. The zero-order chi connectivity index (χ0) is 29.4. The van der Waals surface area contributed by atoms with E-state index in [9.17, 15) is 18.0 Å². The largest absolute Gasteiger partial charge is 0.497 e. The molecule has 0 fully saturated rings. The van der Waals surface area contributed by atoms with E-state index in [0.717, 1.165) is 4.31 Å². The topological polar surface area (TPSA) is 96.0 Å². The fourth-order valence-corrected chi connectivity index (χ4v) is 6.20. The first kappa shape index (κ1) is 31.3. The van der Waals surface area contributed by atoms with Crippen LogP contribution in [-0.2, 0) is 26.2 Å². The molecule has 0 heterocycles. The second-order valence-electron chi connectivity index (χ2n) is 9.38. The highest BCUT2D eigenvalue weighted by Gasteiger charge is 2.34. The van der Waals surface area contributed by atoms with Crippen LogP contribution in [0, 0.1) is 0 Å². The minimum Gasteiger partial charge on any atom is -0.497 e. The number of rotatable bonds is 12. The lowest BCUT2D eigenvalue weighted by atomic mass is 10.1. The third-order valence-corrected chi connectivity index (χ3v) is 8.40. The Hall–Kier alpha value is -3.27. The summed E-state index contributed by atoms with van der Waals surface area (Å²) in [4.78, 5) is 28.7. The van der Waals surface area contributed by atoms with Crippen LogP contribution in [0.2, 0.25) is 10.0 Å². The Morgan fingerprint density at radius 2 is 1.68 bits per heavy atom. The summed E-state index contributed by atoms with van der Waals surface area (Å²) in [6.07, 6.45) is 0.307. The smallest absolute Gasteiger partial charge is 0.264 e. The van der Waals surface area contributed by atoms with Crippen molar-refractivity contribution in [3.05, 3.63) is 88.4 Å². The molecule has 11 heteroatoms. The van der Waals surface area contributed by atoms with E-state index >= 15 is 0 Å². The van der Waals surface area contributed by atoms with Crippen LogP contribution in [0.3, 0.4) is 0 Å². The third-order valence-electron chi connectivity index (χ3n) is 6.09. The molecule has 0 spiro atoms. The van der Waals surface area contributed by atoms with Crippen LogP contribution in [0.5, 0.6) is 5.75 Å². The van der Waals surface area contributed by atoms with Crippen molar-refractivity contribution in [3.63, 3.8) is 0 Å². The Balaban J connectivity index is 2.09. The predicted molar refractivity (Wildman–Crippen MR) is 158 cm³/mol. The molecule has 1 N–H and O–H groups in total. The molecule has 3 rings (SSSR count). The maximum absolute atomic E-state index is 14.1. The molecule has 0 saturated heterocycles. The van der Waals surface area contributed by atoms with Gasteiger partial charge < -0.3 is 15.0 Å². The molecule has 0 aliphatic carbocycles. The zero-order valence-corrected chi connectivity index (χ0v) is 25.1. The Kier molecular flexibility index (Phi) is 10.8. The van der Waals surface area contributed by atoms with Gasteiger partial charge in [0.25, 0.3) is 10.0 Å². The SMILES string of the molecule is CCC(C(=O)NC(C)C)N(Cc1cccc(OC)c1)C(=O)CN(c1ccc(Cl)cc1Cl)S(=O)(=O)c1ccccc1. The number of halogens is 2. The quantitative estimate of drug-likeness (QED) is 0.293. The molecule has 0 aromatic heterocycles. The zero-order valence-electron chi connectivity index (χ0n) is 22.8. The van der Waals surface area contributed by atoms with Gasteiger partial charge in [0.2, 0.25) is 11.8 Å². The number of nitrogens with one attached hydrogen (secondary N) is 1. The van der Waals surface area contributed by atoms with E-state index in [1.165, 1.54) is 42.3 Å². The van der Waals surface area contributed by atoms with Gasteiger partial charge in [0, 0.05) is 17.6 Å². The lowest BCUT2D eigenvalue weighted by Gasteiger charge is -2.33. The predicted octanol–water partition coefficient (Wildman–Crippen LogP) is 5.53. The van der Waals surface area contributed by atoms with E-state index in [1.54, 1.807) is 43.3 Å². The third kappa shape index (κ3) is 7.68. The number of anilines is 1. The second kappa shape index (κ2) is 13.9. The maximum Gasteiger partial charge on any atom is 0.264 e. The molecule has 8 nitrogen and oxygen atoms in total. The van der Waals surface area contributed by atoms with E-state index in [1.807, 2.05) is 19.9 Å². The van der Waals surface area contributed by atoms with Gasteiger partial charge in [-0.1, -0.05) is 60.5 Å². The van der Waals surface area contributed by atoms with Gasteiger partial charge in [-0.25, -0.2) is 8.42 Å². The van der Waals surface area contributed by atoms with Crippen LogP contribution in [0.25, 0.3) is 0 Å². The molecule has 3 aromatic carbocycles. The lowest BCUT2D eigenvalue weighted by molar-refractivity contribution is -0.140. The van der Waals surface area contributed by atoms with E-state index in [2.05, 4.69) is 5.32 Å². The fourth-order valence-electron chi connectivity index (χ4n) is 4.18. The number of hydrogen-bond donors (Lipinski definition) is 1. The Labute approximate surface area is 245 Å². The first-order valence-electron chi connectivity index (χ1n) is 12.7. The van der Waals surface area contributed by atoms with Crippen LogP contribution < -0.4 is 14.4 Å². The van der Waals surface area contributed by atoms with E-state index < -0.39 is 28.5 Å². The van der Waals surface area contributed by atoms with Crippen LogP contribution in [-0.4, -0.2) is 50.9 Å². The van der Waals surface area contributed by atoms with Crippen molar-refractivity contribution in [2.75, 3.05) is 18.0 Å². The van der Waals surface area contributed by atoms with Gasteiger partial charge in [0.1, 0.15) is 18.3 Å². The summed E-state index contributed by atoms with van der Waals surface area (Å²) in [6, 6.07) is 18.2. The van der Waals surface area contributed by atoms with Gasteiger partial charge in [0.05, 0.1) is 22.7 Å². The fraction of sp³-hybridized carbons (Fsp3) is 0.310. The number of carbonyl (C=O) groups excluding carboxylic acids is 2. The molecule has 214 valence electrons. The molecule has 0 bridgehead atoms. The standard InChI is InChI=1S/C29H33Cl2N3O5S/c1-5-26(29(36)32-20(2)3)33(18-21-10-9-11-23(16-21)39-4)28(35)19-34(27-15-14-22(30)17-25(27)31)40(37,38)24-12-7-6-8-13-24/h6-17,20,26H,5,18-19H2,1-4H3,(H,32,36). The van der Waals surface area contributed by atoms with E-state index in [-0.39, 0.29) is 34.1 Å². The molecular weight excluding hydrogens is 573 g/mol. The highest BCUT2D eigenvalue weighted by atomic mass is 35.5. The maximum atomic E-state index is 14.1. The van der Waals surface area contributed by atoms with Crippen LogP contribution >= 0.6 is 23.2 Å². The van der Waals surface area contributed by atoms with Crippen molar-refractivity contribution < 1.29 is 22.7 Å². The van der Waals surface area contributed by atoms with Gasteiger partial charge in [-0.3, -0.25) is 13.9 Å². The molecule has 1 atom stereocenters. The van der Waals surface area contributed by atoms with E-state index in [4.69, 9.17) is 27.9 Å². The first-order valence-corrected chi connectivity index (χ1v) is 14.9. The summed E-state index contributed by atoms with van der Waals surface area (Å²) in [5.41, 5.74) is 0.801. The first-order chi connectivity index (χ1) is 19.0. The molecule has 0 saturated carbocycles. The Morgan fingerprint density at radius 3 is 2.27 bits per heavy atom. The summed E-state index contributed by atoms with van der Waals surface area (Å²) >= 11 is 12.5. The minimum atomic E-state index is -4.24. The van der Waals surface area contributed by atoms with Crippen molar-refractivity contribution in [3.8, 4) is 5.75 Å². The van der Waals surface area contributed by atoms with E-state index in [0.29, 0.717) is 22.8 Å². The summed E-state index contributed by atoms with van der Waals surface area (Å²) in [5, 5.41) is 3.24. The van der Waals surface area contributed by atoms with Gasteiger partial charge in [-0.15, -0.1) is 0 Å². The van der Waals surface area contributed by atoms with Gasteiger partial charge in [0.15, 0.2) is 0 Å². The van der Waals surface area contributed by atoms with Crippen molar-refractivity contribution >= 4 is 50.7 Å².